The molecule has 2 saturated heterocycles. The summed E-state index contributed by atoms with van der Waals surface area (Å²) in [6.07, 6.45) is 5.68. The minimum Gasteiger partial charge on any atom is -0.495 e. The highest BCUT2D eigenvalue weighted by molar-refractivity contribution is 7.89. The van der Waals surface area contributed by atoms with Crippen LogP contribution in [0.3, 0.4) is 0 Å². The van der Waals surface area contributed by atoms with Gasteiger partial charge in [0.2, 0.25) is 15.9 Å². The zero-order valence-electron chi connectivity index (χ0n) is 22.2. The largest absolute Gasteiger partial charge is 0.495 e. The highest BCUT2D eigenvalue weighted by Gasteiger charge is 2.37. The van der Waals surface area contributed by atoms with E-state index in [1.807, 2.05) is 43.0 Å². The van der Waals surface area contributed by atoms with Crippen LogP contribution >= 0.6 is 0 Å². The first-order valence-corrected chi connectivity index (χ1v) is 14.6. The number of carbonyl (C=O) groups is 1. The van der Waals surface area contributed by atoms with Gasteiger partial charge in [0.15, 0.2) is 0 Å². The van der Waals surface area contributed by atoms with Gasteiger partial charge in [0.05, 0.1) is 13.0 Å². The molecule has 0 bridgehead atoms. The van der Waals surface area contributed by atoms with E-state index < -0.39 is 10.0 Å². The summed E-state index contributed by atoms with van der Waals surface area (Å²) in [4.78, 5) is 17.8. The molecule has 2 aromatic rings. The molecular formula is C29H39N3O4S. The number of benzene rings is 2. The standard InChI is InChI=1S/C29H39N3O4S/c1-23(2)25-13-14-27(36-3)28(21-25)37(34,35)32-16-8-12-26(22-32)29(33)31-19-17-30(18-20-31)15-7-11-24-9-5-4-6-10-24/h4-7,9-11,13-14,21,23,26H,8,12,15-20,22H2,1-3H3/b11-7+/t26-/m1/s1. The van der Waals surface area contributed by atoms with Gasteiger partial charge in [0, 0.05) is 45.8 Å². The topological polar surface area (TPSA) is 70.2 Å². The molecule has 8 heteroatoms. The molecule has 37 heavy (non-hydrogen) atoms. The van der Waals surface area contributed by atoms with Crippen molar-refractivity contribution in [2.24, 2.45) is 5.92 Å². The summed E-state index contributed by atoms with van der Waals surface area (Å²) in [5.74, 6) is 0.299. The van der Waals surface area contributed by atoms with Crippen LogP contribution in [-0.2, 0) is 14.8 Å². The quantitative estimate of drug-likeness (QED) is 0.520. The van der Waals surface area contributed by atoms with E-state index in [-0.39, 0.29) is 29.2 Å². The summed E-state index contributed by atoms with van der Waals surface area (Å²) < 4.78 is 34.2. The van der Waals surface area contributed by atoms with Crippen molar-refractivity contribution in [2.75, 3.05) is 52.9 Å². The molecular weight excluding hydrogens is 486 g/mol. The van der Waals surface area contributed by atoms with Crippen molar-refractivity contribution < 1.29 is 17.9 Å². The average molecular weight is 526 g/mol. The second-order valence-corrected chi connectivity index (χ2v) is 12.1. The Balaban J connectivity index is 1.36. The lowest BCUT2D eigenvalue weighted by molar-refractivity contribution is -0.138. The van der Waals surface area contributed by atoms with Gasteiger partial charge in [0.1, 0.15) is 10.6 Å². The maximum atomic E-state index is 13.6. The second kappa shape index (κ2) is 12.2. The predicted molar refractivity (Wildman–Crippen MR) is 147 cm³/mol. The molecule has 0 N–H and O–H groups in total. The third-order valence-electron chi connectivity index (χ3n) is 7.36. The molecule has 0 radical (unpaired) electrons. The molecule has 2 heterocycles. The molecule has 0 aliphatic carbocycles. The molecule has 7 nitrogen and oxygen atoms in total. The van der Waals surface area contributed by atoms with Gasteiger partial charge in [-0.05, 0) is 42.0 Å². The number of hydrogen-bond acceptors (Lipinski definition) is 5. The Kier molecular flexibility index (Phi) is 9.05. The smallest absolute Gasteiger partial charge is 0.246 e. The fourth-order valence-electron chi connectivity index (χ4n) is 5.07. The van der Waals surface area contributed by atoms with Crippen LogP contribution in [0.25, 0.3) is 6.08 Å². The number of piperidine rings is 1. The first-order chi connectivity index (χ1) is 17.8. The Morgan fingerprint density at radius 3 is 2.46 bits per heavy atom. The Morgan fingerprint density at radius 2 is 1.78 bits per heavy atom. The molecule has 1 amide bonds. The maximum absolute atomic E-state index is 13.6. The van der Waals surface area contributed by atoms with E-state index in [4.69, 9.17) is 4.74 Å². The molecule has 1 atom stereocenters. The normalized spacial score (nSPS) is 20.0. The molecule has 0 aromatic heterocycles. The molecule has 2 aliphatic heterocycles. The number of rotatable bonds is 8. The van der Waals surface area contributed by atoms with Crippen molar-refractivity contribution in [3.8, 4) is 5.75 Å². The van der Waals surface area contributed by atoms with E-state index in [1.165, 1.54) is 17.0 Å². The highest BCUT2D eigenvalue weighted by Crippen LogP contribution is 2.33. The van der Waals surface area contributed by atoms with Gasteiger partial charge >= 0.3 is 0 Å². The number of piperazine rings is 1. The molecule has 0 saturated carbocycles. The third-order valence-corrected chi connectivity index (χ3v) is 9.25. The molecule has 2 fully saturated rings. The molecule has 2 aromatic carbocycles. The van der Waals surface area contributed by atoms with Gasteiger partial charge in [0.25, 0.3) is 0 Å². The van der Waals surface area contributed by atoms with Crippen LogP contribution in [0.1, 0.15) is 43.7 Å². The second-order valence-electron chi connectivity index (χ2n) is 10.2. The molecule has 2 aliphatic rings. The monoisotopic (exact) mass is 525 g/mol. The first-order valence-electron chi connectivity index (χ1n) is 13.2. The summed E-state index contributed by atoms with van der Waals surface area (Å²) in [6, 6.07) is 15.6. The summed E-state index contributed by atoms with van der Waals surface area (Å²) in [5, 5.41) is 0. The number of amides is 1. The Bertz CT molecular complexity index is 1190. The van der Waals surface area contributed by atoms with Crippen LogP contribution in [0.15, 0.2) is 59.5 Å². The van der Waals surface area contributed by atoms with Gasteiger partial charge < -0.3 is 9.64 Å². The van der Waals surface area contributed by atoms with Crippen molar-refractivity contribution in [3.63, 3.8) is 0 Å². The van der Waals surface area contributed by atoms with Crippen LogP contribution in [-0.4, -0.2) is 81.4 Å². The number of ether oxygens (including phenoxy) is 1. The number of methoxy groups -OCH3 is 1. The van der Waals surface area contributed by atoms with Crippen LogP contribution in [0, 0.1) is 5.92 Å². The molecule has 4 rings (SSSR count). The zero-order chi connectivity index (χ0) is 26.4. The lowest BCUT2D eigenvalue weighted by Crippen LogP contribution is -2.53. The van der Waals surface area contributed by atoms with Gasteiger partial charge in [-0.15, -0.1) is 0 Å². The van der Waals surface area contributed by atoms with Crippen molar-refractivity contribution >= 4 is 22.0 Å². The Morgan fingerprint density at radius 1 is 1.05 bits per heavy atom. The van der Waals surface area contributed by atoms with Crippen LogP contribution in [0.4, 0.5) is 0 Å². The fourth-order valence-corrected chi connectivity index (χ4v) is 6.78. The van der Waals surface area contributed by atoms with Gasteiger partial charge in [-0.3, -0.25) is 9.69 Å². The minimum absolute atomic E-state index is 0.0715. The van der Waals surface area contributed by atoms with Crippen LogP contribution in [0.5, 0.6) is 5.75 Å². The summed E-state index contributed by atoms with van der Waals surface area (Å²) >= 11 is 0. The molecule has 200 valence electrons. The minimum atomic E-state index is -3.78. The van der Waals surface area contributed by atoms with E-state index in [9.17, 15) is 13.2 Å². The predicted octanol–water partition coefficient (Wildman–Crippen LogP) is 4.08. The first kappa shape index (κ1) is 27.4. The molecule has 0 unspecified atom stereocenters. The summed E-state index contributed by atoms with van der Waals surface area (Å²) in [7, 11) is -2.29. The third kappa shape index (κ3) is 6.61. The summed E-state index contributed by atoms with van der Waals surface area (Å²) in [6.45, 7) is 8.54. The number of nitrogens with zero attached hydrogens (tertiary/aromatic N) is 3. The number of hydrogen-bond donors (Lipinski definition) is 0. The Hall–Kier alpha value is -2.68. The van der Waals surface area contributed by atoms with Crippen LogP contribution < -0.4 is 4.74 Å². The zero-order valence-corrected chi connectivity index (χ0v) is 23.0. The van der Waals surface area contributed by atoms with Crippen molar-refractivity contribution in [2.45, 2.75) is 37.5 Å². The van der Waals surface area contributed by atoms with E-state index in [1.54, 1.807) is 12.1 Å². The average Bonchev–Trinajstić information content (AvgIpc) is 2.93. The van der Waals surface area contributed by atoms with Crippen molar-refractivity contribution in [1.82, 2.24) is 14.1 Å². The van der Waals surface area contributed by atoms with Gasteiger partial charge in [-0.25, -0.2) is 8.42 Å². The number of sulfonamides is 1. The van der Waals surface area contributed by atoms with E-state index >= 15 is 0 Å². The van der Waals surface area contributed by atoms with Gasteiger partial charge in [-0.2, -0.15) is 4.31 Å². The van der Waals surface area contributed by atoms with E-state index in [0.29, 0.717) is 38.2 Å². The Labute approximate surface area is 221 Å². The molecule has 0 spiro atoms. The lowest BCUT2D eigenvalue weighted by atomic mass is 9.98. The van der Waals surface area contributed by atoms with E-state index in [0.717, 1.165) is 25.2 Å². The van der Waals surface area contributed by atoms with E-state index in [2.05, 4.69) is 29.2 Å². The fraction of sp³-hybridized carbons (Fsp3) is 0.483. The van der Waals surface area contributed by atoms with Gasteiger partial charge in [-0.1, -0.05) is 62.4 Å². The van der Waals surface area contributed by atoms with Crippen LogP contribution in [0.2, 0.25) is 0 Å². The lowest BCUT2D eigenvalue weighted by Gasteiger charge is -2.38. The maximum Gasteiger partial charge on any atom is 0.246 e. The number of carbonyl (C=O) groups excluding carboxylic acids is 1. The SMILES string of the molecule is COc1ccc(C(C)C)cc1S(=O)(=O)N1CCC[C@@H](C(=O)N2CCN(C/C=C/c3ccccc3)CC2)C1. The summed E-state index contributed by atoms with van der Waals surface area (Å²) in [5.41, 5.74) is 2.13. The van der Waals surface area contributed by atoms with Crippen molar-refractivity contribution in [1.29, 1.82) is 0 Å². The highest BCUT2D eigenvalue weighted by atomic mass is 32.2. The van der Waals surface area contributed by atoms with Crippen molar-refractivity contribution in [3.05, 3.63) is 65.7 Å².